The van der Waals surface area contributed by atoms with Crippen LogP contribution in [0.3, 0.4) is 0 Å². The molecule has 0 fully saturated rings. The number of carbonyl (C=O) groups excluding carboxylic acids is 1. The number of aliphatic hydroxyl groups excluding tert-OH is 1. The second-order valence-corrected chi connectivity index (χ2v) is 4.59. The summed E-state index contributed by atoms with van der Waals surface area (Å²) in [4.78, 5) is 15.3. The Morgan fingerprint density at radius 1 is 1.53 bits per heavy atom. The number of methoxy groups -OCH3 is 1. The standard InChI is InChI=1S/C14H18N2O3/c1-16-9-15-11-8-10(6-7-12(11)16)13(17)4-3-5-14(18)19-2/h6-9,13,17H,3-5H2,1-2H3. The Kier molecular flexibility index (Phi) is 4.16. The van der Waals surface area contributed by atoms with E-state index in [1.807, 2.05) is 29.8 Å². The maximum absolute atomic E-state index is 11.0. The summed E-state index contributed by atoms with van der Waals surface area (Å²) in [6.07, 6.45) is 2.65. The molecule has 0 aliphatic carbocycles. The predicted octanol–water partition coefficient (Wildman–Crippen LogP) is 1.95. The van der Waals surface area contributed by atoms with Crippen LogP contribution in [0, 0.1) is 0 Å². The topological polar surface area (TPSA) is 64.3 Å². The Labute approximate surface area is 111 Å². The monoisotopic (exact) mass is 262 g/mol. The molecule has 2 aromatic rings. The molecule has 0 aliphatic heterocycles. The summed E-state index contributed by atoms with van der Waals surface area (Å²) in [5.41, 5.74) is 2.73. The molecule has 0 amide bonds. The number of fused-ring (bicyclic) bond motifs is 1. The van der Waals surface area contributed by atoms with E-state index < -0.39 is 6.10 Å². The van der Waals surface area contributed by atoms with Crippen LogP contribution in [0.25, 0.3) is 11.0 Å². The fourth-order valence-corrected chi connectivity index (χ4v) is 2.07. The average molecular weight is 262 g/mol. The number of nitrogens with zero attached hydrogens (tertiary/aromatic N) is 2. The van der Waals surface area contributed by atoms with Gasteiger partial charge in [-0.2, -0.15) is 0 Å². The van der Waals surface area contributed by atoms with Crippen molar-refractivity contribution >= 4 is 17.0 Å². The van der Waals surface area contributed by atoms with Crippen LogP contribution in [-0.2, 0) is 16.6 Å². The van der Waals surface area contributed by atoms with Gasteiger partial charge in [-0.05, 0) is 30.5 Å². The van der Waals surface area contributed by atoms with Crippen LogP contribution < -0.4 is 0 Å². The zero-order chi connectivity index (χ0) is 13.8. The summed E-state index contributed by atoms with van der Waals surface area (Å²) < 4.78 is 6.50. The Bertz CT molecular complexity index is 577. The second-order valence-electron chi connectivity index (χ2n) is 4.59. The van der Waals surface area contributed by atoms with Crippen LogP contribution in [0.1, 0.15) is 30.9 Å². The molecule has 0 spiro atoms. The summed E-state index contributed by atoms with van der Waals surface area (Å²) in [6, 6.07) is 5.73. The zero-order valence-electron chi connectivity index (χ0n) is 11.2. The van der Waals surface area contributed by atoms with E-state index in [1.54, 1.807) is 6.33 Å². The second kappa shape index (κ2) is 5.84. The number of carbonyl (C=O) groups is 1. The maximum Gasteiger partial charge on any atom is 0.305 e. The van der Waals surface area contributed by atoms with E-state index in [1.165, 1.54) is 7.11 Å². The third-order valence-electron chi connectivity index (χ3n) is 3.22. The lowest BCUT2D eigenvalue weighted by Crippen LogP contribution is -2.03. The molecule has 5 heteroatoms. The van der Waals surface area contributed by atoms with Gasteiger partial charge in [-0.25, -0.2) is 4.98 Å². The number of benzene rings is 1. The van der Waals surface area contributed by atoms with Gasteiger partial charge in [-0.3, -0.25) is 4.79 Å². The van der Waals surface area contributed by atoms with Gasteiger partial charge in [0.05, 0.1) is 30.6 Å². The van der Waals surface area contributed by atoms with Gasteiger partial charge in [0, 0.05) is 13.5 Å². The van der Waals surface area contributed by atoms with Gasteiger partial charge >= 0.3 is 5.97 Å². The first-order chi connectivity index (χ1) is 9.11. The highest BCUT2D eigenvalue weighted by molar-refractivity contribution is 5.76. The summed E-state index contributed by atoms with van der Waals surface area (Å²) in [5.74, 6) is -0.243. The molecule has 0 saturated carbocycles. The molecule has 1 unspecified atom stereocenters. The van der Waals surface area contributed by atoms with E-state index in [0.29, 0.717) is 19.3 Å². The number of imidazole rings is 1. The molecular weight excluding hydrogens is 244 g/mol. The summed E-state index contributed by atoms with van der Waals surface area (Å²) in [5, 5.41) is 10.1. The molecule has 19 heavy (non-hydrogen) atoms. The van der Waals surface area contributed by atoms with Crippen molar-refractivity contribution in [1.29, 1.82) is 0 Å². The predicted molar refractivity (Wildman–Crippen MR) is 71.5 cm³/mol. The van der Waals surface area contributed by atoms with Crippen molar-refractivity contribution in [2.45, 2.75) is 25.4 Å². The smallest absolute Gasteiger partial charge is 0.305 e. The van der Waals surface area contributed by atoms with E-state index in [4.69, 9.17) is 0 Å². The molecule has 1 aromatic carbocycles. The Morgan fingerprint density at radius 3 is 3.05 bits per heavy atom. The summed E-state index contributed by atoms with van der Waals surface area (Å²) in [7, 11) is 3.30. The molecule has 0 aliphatic rings. The highest BCUT2D eigenvalue weighted by Gasteiger charge is 2.11. The third-order valence-corrected chi connectivity index (χ3v) is 3.22. The van der Waals surface area contributed by atoms with Crippen LogP contribution >= 0.6 is 0 Å². The largest absolute Gasteiger partial charge is 0.469 e. The number of rotatable bonds is 5. The van der Waals surface area contributed by atoms with Gasteiger partial charge in [0.1, 0.15) is 0 Å². The van der Waals surface area contributed by atoms with Crippen molar-refractivity contribution in [3.8, 4) is 0 Å². The fraction of sp³-hybridized carbons (Fsp3) is 0.429. The van der Waals surface area contributed by atoms with E-state index in [0.717, 1.165) is 16.6 Å². The number of aryl methyl sites for hydroxylation is 1. The van der Waals surface area contributed by atoms with Crippen LogP contribution in [0.4, 0.5) is 0 Å². The lowest BCUT2D eigenvalue weighted by molar-refractivity contribution is -0.140. The number of aromatic nitrogens is 2. The van der Waals surface area contributed by atoms with E-state index >= 15 is 0 Å². The number of ether oxygens (including phenoxy) is 1. The molecule has 0 bridgehead atoms. The van der Waals surface area contributed by atoms with Gasteiger partial charge in [0.15, 0.2) is 0 Å². The first-order valence-corrected chi connectivity index (χ1v) is 6.27. The van der Waals surface area contributed by atoms with Crippen LogP contribution in [0.2, 0.25) is 0 Å². The van der Waals surface area contributed by atoms with E-state index in [-0.39, 0.29) is 5.97 Å². The highest BCUT2D eigenvalue weighted by atomic mass is 16.5. The normalized spacial score (nSPS) is 12.6. The maximum atomic E-state index is 11.0. The van der Waals surface area contributed by atoms with Gasteiger partial charge < -0.3 is 14.4 Å². The summed E-state index contributed by atoms with van der Waals surface area (Å²) in [6.45, 7) is 0. The molecular formula is C14H18N2O3. The minimum Gasteiger partial charge on any atom is -0.469 e. The fourth-order valence-electron chi connectivity index (χ4n) is 2.07. The minimum atomic E-state index is -0.573. The molecule has 1 atom stereocenters. The Hall–Kier alpha value is -1.88. The Morgan fingerprint density at radius 2 is 2.32 bits per heavy atom. The third kappa shape index (κ3) is 3.12. The van der Waals surface area contributed by atoms with Gasteiger partial charge in [-0.15, -0.1) is 0 Å². The van der Waals surface area contributed by atoms with Gasteiger partial charge in [0.25, 0.3) is 0 Å². The number of hydrogen-bond acceptors (Lipinski definition) is 4. The first-order valence-electron chi connectivity index (χ1n) is 6.27. The van der Waals surface area contributed by atoms with Crippen LogP contribution in [-0.4, -0.2) is 27.7 Å². The van der Waals surface area contributed by atoms with E-state index in [2.05, 4.69) is 9.72 Å². The van der Waals surface area contributed by atoms with Crippen molar-refractivity contribution in [3.05, 3.63) is 30.1 Å². The molecule has 0 radical (unpaired) electrons. The molecule has 102 valence electrons. The van der Waals surface area contributed by atoms with Crippen molar-refractivity contribution in [2.24, 2.45) is 7.05 Å². The van der Waals surface area contributed by atoms with E-state index in [9.17, 15) is 9.90 Å². The van der Waals surface area contributed by atoms with Crippen LogP contribution in [0.5, 0.6) is 0 Å². The summed E-state index contributed by atoms with van der Waals surface area (Å²) >= 11 is 0. The van der Waals surface area contributed by atoms with Crippen molar-refractivity contribution in [2.75, 3.05) is 7.11 Å². The van der Waals surface area contributed by atoms with Crippen molar-refractivity contribution in [3.63, 3.8) is 0 Å². The molecule has 1 N–H and O–H groups in total. The number of esters is 1. The molecule has 2 rings (SSSR count). The van der Waals surface area contributed by atoms with Crippen molar-refractivity contribution < 1.29 is 14.6 Å². The molecule has 1 aromatic heterocycles. The van der Waals surface area contributed by atoms with Crippen LogP contribution in [0.15, 0.2) is 24.5 Å². The van der Waals surface area contributed by atoms with Gasteiger partial charge in [-0.1, -0.05) is 6.07 Å². The SMILES string of the molecule is COC(=O)CCCC(O)c1ccc2c(c1)ncn2C. The lowest BCUT2D eigenvalue weighted by Gasteiger charge is -2.10. The zero-order valence-corrected chi connectivity index (χ0v) is 11.2. The minimum absolute atomic E-state index is 0.243. The van der Waals surface area contributed by atoms with Gasteiger partial charge in [0.2, 0.25) is 0 Å². The molecule has 1 heterocycles. The highest BCUT2D eigenvalue weighted by Crippen LogP contribution is 2.23. The lowest BCUT2D eigenvalue weighted by atomic mass is 10.0. The van der Waals surface area contributed by atoms with Crippen molar-refractivity contribution in [1.82, 2.24) is 9.55 Å². The Balaban J connectivity index is 2.00. The molecule has 5 nitrogen and oxygen atoms in total. The average Bonchev–Trinajstić information content (AvgIpc) is 2.79. The first kappa shape index (κ1) is 13.5. The quantitative estimate of drug-likeness (QED) is 0.836. The number of aliphatic hydroxyl groups is 1. The number of hydrogen-bond donors (Lipinski definition) is 1. The molecule has 0 saturated heterocycles.